The van der Waals surface area contributed by atoms with E-state index < -0.39 is 0 Å². The summed E-state index contributed by atoms with van der Waals surface area (Å²) in [5.41, 5.74) is 7.47. The SMILES string of the molecule is CCOc1ccc(C)c(N)c1OC. The lowest BCUT2D eigenvalue weighted by Crippen LogP contribution is -2.00. The lowest BCUT2D eigenvalue weighted by atomic mass is 10.2. The van der Waals surface area contributed by atoms with Crippen LogP contribution in [0.4, 0.5) is 5.69 Å². The Kier molecular flexibility index (Phi) is 3.01. The van der Waals surface area contributed by atoms with Crippen molar-refractivity contribution >= 4 is 5.69 Å². The Balaban J connectivity index is 3.13. The molecule has 0 atom stereocenters. The molecule has 3 heteroatoms. The molecule has 72 valence electrons. The standard InChI is InChI=1S/C10H15NO2/c1-4-13-8-6-5-7(2)9(11)10(8)12-3/h5-6H,4,11H2,1-3H3. The molecule has 0 heterocycles. The average Bonchev–Trinajstić information content (AvgIpc) is 2.12. The third-order valence-corrected chi connectivity index (χ3v) is 1.88. The molecule has 0 bridgehead atoms. The maximum atomic E-state index is 5.82. The number of hydrogen-bond acceptors (Lipinski definition) is 3. The van der Waals surface area contributed by atoms with Gasteiger partial charge in [0, 0.05) is 0 Å². The number of methoxy groups -OCH3 is 1. The van der Waals surface area contributed by atoms with Crippen LogP contribution < -0.4 is 15.2 Å². The van der Waals surface area contributed by atoms with Gasteiger partial charge < -0.3 is 15.2 Å². The molecule has 13 heavy (non-hydrogen) atoms. The molecule has 0 aliphatic rings. The van der Waals surface area contributed by atoms with Crippen molar-refractivity contribution in [2.24, 2.45) is 0 Å². The Hall–Kier alpha value is -1.38. The zero-order valence-electron chi connectivity index (χ0n) is 8.26. The minimum absolute atomic E-state index is 0.610. The summed E-state index contributed by atoms with van der Waals surface area (Å²) >= 11 is 0. The molecule has 1 rings (SSSR count). The van der Waals surface area contributed by atoms with Crippen LogP contribution in [0.25, 0.3) is 0 Å². The second-order valence-corrected chi connectivity index (χ2v) is 2.76. The number of nitrogen functional groups attached to an aromatic ring is 1. The molecule has 0 aromatic heterocycles. The summed E-state index contributed by atoms with van der Waals surface area (Å²) in [6.07, 6.45) is 0. The Labute approximate surface area is 78.5 Å². The Morgan fingerprint density at radius 3 is 2.62 bits per heavy atom. The monoisotopic (exact) mass is 181 g/mol. The number of benzene rings is 1. The van der Waals surface area contributed by atoms with Crippen LogP contribution in [0.1, 0.15) is 12.5 Å². The van der Waals surface area contributed by atoms with Crippen LogP contribution in [0.2, 0.25) is 0 Å². The number of anilines is 1. The van der Waals surface area contributed by atoms with Crippen molar-refractivity contribution < 1.29 is 9.47 Å². The fourth-order valence-corrected chi connectivity index (χ4v) is 1.16. The average molecular weight is 181 g/mol. The van der Waals surface area contributed by atoms with Crippen molar-refractivity contribution in [3.05, 3.63) is 17.7 Å². The highest BCUT2D eigenvalue weighted by Gasteiger charge is 2.09. The van der Waals surface area contributed by atoms with Crippen LogP contribution in [-0.2, 0) is 0 Å². The zero-order chi connectivity index (χ0) is 9.84. The summed E-state index contributed by atoms with van der Waals surface area (Å²) in [5.74, 6) is 1.33. The van der Waals surface area contributed by atoms with E-state index >= 15 is 0 Å². The van der Waals surface area contributed by atoms with E-state index in [0.29, 0.717) is 23.8 Å². The summed E-state index contributed by atoms with van der Waals surface area (Å²) in [7, 11) is 1.59. The number of ether oxygens (including phenoxy) is 2. The fraction of sp³-hybridized carbons (Fsp3) is 0.400. The Morgan fingerprint density at radius 2 is 2.08 bits per heavy atom. The molecule has 0 spiro atoms. The van der Waals surface area contributed by atoms with E-state index in [-0.39, 0.29) is 0 Å². The molecule has 0 aliphatic heterocycles. The molecule has 0 aliphatic carbocycles. The van der Waals surface area contributed by atoms with Gasteiger partial charge in [-0.25, -0.2) is 0 Å². The first-order valence-corrected chi connectivity index (χ1v) is 4.26. The smallest absolute Gasteiger partial charge is 0.184 e. The van der Waals surface area contributed by atoms with Gasteiger partial charge in [0.05, 0.1) is 19.4 Å². The van der Waals surface area contributed by atoms with Crippen LogP contribution in [0.15, 0.2) is 12.1 Å². The molecule has 0 amide bonds. The predicted octanol–water partition coefficient (Wildman–Crippen LogP) is 1.98. The topological polar surface area (TPSA) is 44.5 Å². The number of aryl methyl sites for hydroxylation is 1. The third kappa shape index (κ3) is 1.86. The molecule has 2 N–H and O–H groups in total. The van der Waals surface area contributed by atoms with Crippen molar-refractivity contribution in [2.45, 2.75) is 13.8 Å². The Morgan fingerprint density at radius 1 is 1.38 bits per heavy atom. The molecule has 0 radical (unpaired) electrons. The van der Waals surface area contributed by atoms with Gasteiger partial charge in [0.2, 0.25) is 0 Å². The number of nitrogens with two attached hydrogens (primary N) is 1. The van der Waals surface area contributed by atoms with Gasteiger partial charge in [-0.2, -0.15) is 0 Å². The first kappa shape index (κ1) is 9.71. The van der Waals surface area contributed by atoms with Crippen LogP contribution >= 0.6 is 0 Å². The van der Waals surface area contributed by atoms with E-state index in [4.69, 9.17) is 15.2 Å². The van der Waals surface area contributed by atoms with Crippen molar-refractivity contribution in [3.8, 4) is 11.5 Å². The second-order valence-electron chi connectivity index (χ2n) is 2.76. The van der Waals surface area contributed by atoms with Crippen molar-refractivity contribution in [3.63, 3.8) is 0 Å². The van der Waals surface area contributed by atoms with E-state index in [2.05, 4.69) is 0 Å². The van der Waals surface area contributed by atoms with Gasteiger partial charge in [0.25, 0.3) is 0 Å². The zero-order valence-corrected chi connectivity index (χ0v) is 8.26. The van der Waals surface area contributed by atoms with E-state index in [9.17, 15) is 0 Å². The Bertz CT molecular complexity index is 297. The summed E-state index contributed by atoms with van der Waals surface area (Å²) in [6, 6.07) is 3.79. The lowest BCUT2D eigenvalue weighted by Gasteiger charge is -2.12. The van der Waals surface area contributed by atoms with Crippen LogP contribution in [-0.4, -0.2) is 13.7 Å². The number of rotatable bonds is 3. The van der Waals surface area contributed by atoms with Crippen molar-refractivity contribution in [1.82, 2.24) is 0 Å². The van der Waals surface area contributed by atoms with Gasteiger partial charge in [-0.1, -0.05) is 6.07 Å². The molecule has 0 saturated carbocycles. The summed E-state index contributed by atoms with van der Waals surface area (Å²) in [4.78, 5) is 0. The highest BCUT2D eigenvalue weighted by Crippen LogP contribution is 2.35. The van der Waals surface area contributed by atoms with Crippen LogP contribution in [0.5, 0.6) is 11.5 Å². The largest absolute Gasteiger partial charge is 0.491 e. The first-order chi connectivity index (χ1) is 6.20. The fourth-order valence-electron chi connectivity index (χ4n) is 1.16. The molecule has 1 aromatic rings. The molecule has 3 nitrogen and oxygen atoms in total. The predicted molar refractivity (Wildman–Crippen MR) is 53.3 cm³/mol. The molecule has 0 saturated heterocycles. The van der Waals surface area contributed by atoms with Crippen LogP contribution in [0, 0.1) is 6.92 Å². The third-order valence-electron chi connectivity index (χ3n) is 1.88. The first-order valence-electron chi connectivity index (χ1n) is 4.26. The van der Waals surface area contributed by atoms with E-state index in [1.54, 1.807) is 7.11 Å². The quantitative estimate of drug-likeness (QED) is 0.725. The second kappa shape index (κ2) is 4.03. The summed E-state index contributed by atoms with van der Waals surface area (Å²) in [5, 5.41) is 0. The van der Waals surface area contributed by atoms with Gasteiger partial charge >= 0.3 is 0 Å². The van der Waals surface area contributed by atoms with Gasteiger partial charge in [0.15, 0.2) is 11.5 Å². The lowest BCUT2D eigenvalue weighted by molar-refractivity contribution is 0.312. The molecular formula is C10H15NO2. The normalized spacial score (nSPS) is 9.77. The highest BCUT2D eigenvalue weighted by molar-refractivity contribution is 5.64. The van der Waals surface area contributed by atoms with Crippen molar-refractivity contribution in [2.75, 3.05) is 19.5 Å². The maximum absolute atomic E-state index is 5.82. The molecular weight excluding hydrogens is 166 g/mol. The van der Waals surface area contributed by atoms with E-state index in [1.165, 1.54) is 0 Å². The summed E-state index contributed by atoms with van der Waals surface area (Å²) < 4.78 is 10.5. The van der Waals surface area contributed by atoms with Gasteiger partial charge in [-0.15, -0.1) is 0 Å². The van der Waals surface area contributed by atoms with E-state index in [1.807, 2.05) is 26.0 Å². The molecule has 0 unspecified atom stereocenters. The van der Waals surface area contributed by atoms with Gasteiger partial charge in [-0.05, 0) is 25.5 Å². The van der Waals surface area contributed by atoms with E-state index in [0.717, 1.165) is 5.56 Å². The maximum Gasteiger partial charge on any atom is 0.184 e. The van der Waals surface area contributed by atoms with Gasteiger partial charge in [-0.3, -0.25) is 0 Å². The van der Waals surface area contributed by atoms with Crippen LogP contribution in [0.3, 0.4) is 0 Å². The highest BCUT2D eigenvalue weighted by atomic mass is 16.5. The van der Waals surface area contributed by atoms with Crippen molar-refractivity contribution in [1.29, 1.82) is 0 Å². The number of hydrogen-bond donors (Lipinski definition) is 1. The summed E-state index contributed by atoms with van der Waals surface area (Å²) in [6.45, 7) is 4.47. The van der Waals surface area contributed by atoms with Gasteiger partial charge in [0.1, 0.15) is 0 Å². The molecule has 0 fully saturated rings. The minimum atomic E-state index is 0.610. The minimum Gasteiger partial charge on any atom is -0.491 e. The molecule has 1 aromatic carbocycles.